The highest BCUT2D eigenvalue weighted by atomic mass is 79.9. The van der Waals surface area contributed by atoms with Crippen LogP contribution in [0.1, 0.15) is 26.4 Å². The number of pyridine rings is 2. The van der Waals surface area contributed by atoms with Gasteiger partial charge >= 0.3 is 5.97 Å². The molecular weight excluding hydrogens is 326 g/mol. The Morgan fingerprint density at radius 2 is 2.05 bits per heavy atom. The smallest absolute Gasteiger partial charge is 0.335 e. The fraction of sp³-hybridized carbons (Fsp3) is 0.0769. The van der Waals surface area contributed by atoms with E-state index in [4.69, 9.17) is 5.11 Å². The summed E-state index contributed by atoms with van der Waals surface area (Å²) in [4.78, 5) is 30.6. The number of hydrogen-bond acceptors (Lipinski definition) is 4. The number of amides is 1. The molecule has 2 rings (SSSR count). The molecule has 102 valence electrons. The lowest BCUT2D eigenvalue weighted by molar-refractivity contribution is 0.0696. The summed E-state index contributed by atoms with van der Waals surface area (Å²) < 4.78 is 0.705. The van der Waals surface area contributed by atoms with E-state index in [1.54, 1.807) is 12.3 Å². The van der Waals surface area contributed by atoms with Crippen molar-refractivity contribution in [2.24, 2.45) is 0 Å². The molecule has 0 unspecified atom stereocenters. The van der Waals surface area contributed by atoms with Crippen LogP contribution in [0.2, 0.25) is 0 Å². The van der Waals surface area contributed by atoms with Gasteiger partial charge in [-0.2, -0.15) is 0 Å². The highest BCUT2D eigenvalue weighted by Gasteiger charge is 2.08. The van der Waals surface area contributed by atoms with Crippen LogP contribution < -0.4 is 5.32 Å². The molecule has 2 N–H and O–H groups in total. The summed E-state index contributed by atoms with van der Waals surface area (Å²) in [6, 6.07) is 4.46. The molecule has 0 bridgehead atoms. The molecule has 2 heterocycles. The topological polar surface area (TPSA) is 92.2 Å². The number of hydrogen-bond donors (Lipinski definition) is 2. The monoisotopic (exact) mass is 335 g/mol. The van der Waals surface area contributed by atoms with Crippen LogP contribution in [0, 0.1) is 0 Å². The predicted molar refractivity (Wildman–Crippen MR) is 74.3 cm³/mol. The molecule has 0 aliphatic heterocycles. The first kappa shape index (κ1) is 14.1. The van der Waals surface area contributed by atoms with Gasteiger partial charge in [-0.05, 0) is 34.1 Å². The van der Waals surface area contributed by atoms with E-state index in [2.05, 4.69) is 31.2 Å². The van der Waals surface area contributed by atoms with Gasteiger partial charge in [0, 0.05) is 23.1 Å². The van der Waals surface area contributed by atoms with Crippen LogP contribution in [-0.4, -0.2) is 27.0 Å². The molecule has 0 atom stereocenters. The molecule has 0 aromatic carbocycles. The zero-order valence-corrected chi connectivity index (χ0v) is 11.8. The predicted octanol–water partition coefficient (Wildman–Crippen LogP) is 1.87. The molecule has 2 aromatic heterocycles. The van der Waals surface area contributed by atoms with Crippen molar-refractivity contribution in [1.82, 2.24) is 15.3 Å². The zero-order valence-electron chi connectivity index (χ0n) is 10.2. The highest BCUT2D eigenvalue weighted by molar-refractivity contribution is 9.10. The molecule has 0 saturated heterocycles. The number of carboxylic acids is 1. The van der Waals surface area contributed by atoms with Crippen LogP contribution in [0.25, 0.3) is 0 Å². The van der Waals surface area contributed by atoms with Crippen molar-refractivity contribution in [2.45, 2.75) is 6.54 Å². The lowest BCUT2D eigenvalue weighted by Gasteiger charge is -2.05. The number of carbonyl (C=O) groups is 2. The summed E-state index contributed by atoms with van der Waals surface area (Å²) in [6.07, 6.45) is 4.42. The van der Waals surface area contributed by atoms with Gasteiger partial charge in [-0.1, -0.05) is 0 Å². The third-order valence-corrected chi connectivity index (χ3v) is 2.89. The van der Waals surface area contributed by atoms with Gasteiger partial charge in [-0.25, -0.2) is 4.79 Å². The Kier molecular flexibility index (Phi) is 4.41. The standard InChI is InChI=1S/C13H10BrN3O3/c14-10-3-9(5-15-6-10)12(18)17-7-11-4-8(13(19)20)1-2-16-11/h1-6H,7H2,(H,17,18)(H,19,20). The minimum Gasteiger partial charge on any atom is -0.478 e. The van der Waals surface area contributed by atoms with E-state index >= 15 is 0 Å². The van der Waals surface area contributed by atoms with Crippen molar-refractivity contribution in [3.63, 3.8) is 0 Å². The van der Waals surface area contributed by atoms with Gasteiger partial charge in [0.25, 0.3) is 5.91 Å². The van der Waals surface area contributed by atoms with Crippen molar-refractivity contribution in [3.8, 4) is 0 Å². The van der Waals surface area contributed by atoms with E-state index in [-0.39, 0.29) is 18.0 Å². The summed E-state index contributed by atoms with van der Waals surface area (Å²) in [5, 5.41) is 11.5. The molecule has 0 aliphatic rings. The Hall–Kier alpha value is -2.28. The van der Waals surface area contributed by atoms with E-state index in [0.717, 1.165) is 0 Å². The minimum atomic E-state index is -1.03. The van der Waals surface area contributed by atoms with Crippen molar-refractivity contribution in [1.29, 1.82) is 0 Å². The third-order valence-electron chi connectivity index (χ3n) is 2.46. The molecule has 7 heteroatoms. The number of carbonyl (C=O) groups excluding carboxylic acids is 1. The minimum absolute atomic E-state index is 0.133. The van der Waals surface area contributed by atoms with Gasteiger partial charge in [0.15, 0.2) is 0 Å². The van der Waals surface area contributed by atoms with Gasteiger partial charge in [0.05, 0.1) is 23.4 Å². The summed E-state index contributed by atoms with van der Waals surface area (Å²) >= 11 is 3.23. The van der Waals surface area contributed by atoms with Crippen LogP contribution in [0.15, 0.2) is 41.3 Å². The van der Waals surface area contributed by atoms with Gasteiger partial charge in [-0.3, -0.25) is 14.8 Å². The number of aromatic nitrogens is 2. The SMILES string of the molecule is O=C(O)c1ccnc(CNC(=O)c2cncc(Br)c2)c1. The van der Waals surface area contributed by atoms with E-state index in [0.29, 0.717) is 15.7 Å². The van der Waals surface area contributed by atoms with Crippen LogP contribution >= 0.6 is 15.9 Å². The zero-order chi connectivity index (χ0) is 14.5. The maximum atomic E-state index is 11.9. The quantitative estimate of drug-likeness (QED) is 0.889. The number of nitrogens with one attached hydrogen (secondary N) is 1. The maximum Gasteiger partial charge on any atom is 0.335 e. The summed E-state index contributed by atoms with van der Waals surface area (Å²) in [5.74, 6) is -1.34. The molecule has 20 heavy (non-hydrogen) atoms. The lowest BCUT2D eigenvalue weighted by Crippen LogP contribution is -2.23. The summed E-state index contributed by atoms with van der Waals surface area (Å²) in [5.41, 5.74) is 1.02. The van der Waals surface area contributed by atoms with Gasteiger partial charge in [-0.15, -0.1) is 0 Å². The number of nitrogens with zero attached hydrogens (tertiary/aromatic N) is 2. The largest absolute Gasteiger partial charge is 0.478 e. The molecule has 6 nitrogen and oxygen atoms in total. The van der Waals surface area contributed by atoms with Crippen molar-refractivity contribution >= 4 is 27.8 Å². The van der Waals surface area contributed by atoms with Crippen molar-refractivity contribution < 1.29 is 14.7 Å². The summed E-state index contributed by atoms with van der Waals surface area (Å²) in [6.45, 7) is 0.145. The first-order chi connectivity index (χ1) is 9.56. The first-order valence-corrected chi connectivity index (χ1v) is 6.42. The van der Waals surface area contributed by atoms with Gasteiger partial charge < -0.3 is 10.4 Å². The highest BCUT2D eigenvalue weighted by Crippen LogP contribution is 2.09. The lowest BCUT2D eigenvalue weighted by atomic mass is 10.2. The second-order valence-electron chi connectivity index (χ2n) is 3.92. The molecule has 0 spiro atoms. The van der Waals surface area contributed by atoms with Crippen LogP contribution in [0.3, 0.4) is 0 Å². The molecular formula is C13H10BrN3O3. The van der Waals surface area contributed by atoms with E-state index in [9.17, 15) is 9.59 Å². The second kappa shape index (κ2) is 6.25. The average molecular weight is 336 g/mol. The molecule has 0 aliphatic carbocycles. The Labute approximate surface area is 123 Å². The van der Waals surface area contributed by atoms with Crippen LogP contribution in [0.4, 0.5) is 0 Å². The van der Waals surface area contributed by atoms with Gasteiger partial charge in [0.1, 0.15) is 0 Å². The van der Waals surface area contributed by atoms with E-state index < -0.39 is 5.97 Å². The Balaban J connectivity index is 2.03. The van der Waals surface area contributed by atoms with Crippen LogP contribution in [-0.2, 0) is 6.54 Å². The Morgan fingerprint density at radius 3 is 2.75 bits per heavy atom. The van der Waals surface area contributed by atoms with Crippen LogP contribution in [0.5, 0.6) is 0 Å². The second-order valence-corrected chi connectivity index (χ2v) is 4.83. The van der Waals surface area contributed by atoms with E-state index in [1.165, 1.54) is 24.5 Å². The molecule has 1 amide bonds. The molecule has 0 radical (unpaired) electrons. The number of rotatable bonds is 4. The Bertz CT molecular complexity index is 661. The number of aromatic carboxylic acids is 1. The third kappa shape index (κ3) is 3.61. The van der Waals surface area contributed by atoms with Gasteiger partial charge in [0.2, 0.25) is 0 Å². The summed E-state index contributed by atoms with van der Waals surface area (Å²) in [7, 11) is 0. The van der Waals surface area contributed by atoms with E-state index in [1.807, 2.05) is 0 Å². The number of halogens is 1. The normalized spacial score (nSPS) is 10.1. The first-order valence-electron chi connectivity index (χ1n) is 5.63. The Morgan fingerprint density at radius 1 is 1.25 bits per heavy atom. The molecule has 0 saturated carbocycles. The maximum absolute atomic E-state index is 11.9. The average Bonchev–Trinajstić information content (AvgIpc) is 2.45. The molecule has 2 aromatic rings. The number of carboxylic acid groups (broad SMARTS) is 1. The fourth-order valence-corrected chi connectivity index (χ4v) is 1.88. The van der Waals surface area contributed by atoms with Crippen molar-refractivity contribution in [3.05, 3.63) is 58.1 Å². The van der Waals surface area contributed by atoms with Crippen molar-refractivity contribution in [2.75, 3.05) is 0 Å². The molecule has 0 fully saturated rings. The fourth-order valence-electron chi connectivity index (χ4n) is 1.52.